The van der Waals surface area contributed by atoms with Crippen molar-refractivity contribution in [1.29, 1.82) is 0 Å². The van der Waals surface area contributed by atoms with Gasteiger partial charge in [0.15, 0.2) is 0 Å². The third-order valence-corrected chi connectivity index (χ3v) is 2.73. The fourth-order valence-electron chi connectivity index (χ4n) is 1.98. The zero-order valence-electron chi connectivity index (χ0n) is 9.51. The van der Waals surface area contributed by atoms with Crippen LogP contribution >= 0.6 is 0 Å². The lowest BCUT2D eigenvalue weighted by Gasteiger charge is -2.25. The van der Waals surface area contributed by atoms with E-state index in [2.05, 4.69) is 9.98 Å². The molecule has 0 fully saturated rings. The molecule has 1 N–H and O–H groups in total. The number of aldehydes is 1. The SMILES string of the molecule is CN=C1CC(CCC=O)N=C(C)C1C(=O)O. The van der Waals surface area contributed by atoms with E-state index in [4.69, 9.17) is 5.11 Å². The molecule has 0 spiro atoms. The zero-order valence-corrected chi connectivity index (χ0v) is 9.51. The summed E-state index contributed by atoms with van der Waals surface area (Å²) in [6.07, 6.45) is 2.51. The van der Waals surface area contributed by atoms with Crippen LogP contribution in [0.15, 0.2) is 9.98 Å². The summed E-state index contributed by atoms with van der Waals surface area (Å²) < 4.78 is 0. The van der Waals surface area contributed by atoms with E-state index < -0.39 is 11.9 Å². The summed E-state index contributed by atoms with van der Waals surface area (Å²) >= 11 is 0. The van der Waals surface area contributed by atoms with Crippen LogP contribution in [-0.4, -0.2) is 41.9 Å². The molecule has 5 heteroatoms. The highest BCUT2D eigenvalue weighted by Crippen LogP contribution is 2.20. The van der Waals surface area contributed by atoms with Gasteiger partial charge in [-0.15, -0.1) is 0 Å². The largest absolute Gasteiger partial charge is 0.480 e. The van der Waals surface area contributed by atoms with E-state index in [-0.39, 0.29) is 6.04 Å². The van der Waals surface area contributed by atoms with Crippen molar-refractivity contribution in [3.8, 4) is 0 Å². The van der Waals surface area contributed by atoms with Gasteiger partial charge in [0.1, 0.15) is 12.2 Å². The maximum atomic E-state index is 11.0. The fraction of sp³-hybridized carbons (Fsp3) is 0.636. The molecule has 0 saturated heterocycles. The molecule has 0 aromatic heterocycles. The van der Waals surface area contributed by atoms with E-state index in [1.54, 1.807) is 14.0 Å². The molecular weight excluding hydrogens is 208 g/mol. The third-order valence-electron chi connectivity index (χ3n) is 2.73. The number of carboxylic acids is 1. The van der Waals surface area contributed by atoms with Gasteiger partial charge in [-0.3, -0.25) is 14.8 Å². The number of hydrogen-bond acceptors (Lipinski definition) is 4. The zero-order chi connectivity index (χ0) is 12.1. The van der Waals surface area contributed by atoms with Crippen molar-refractivity contribution in [2.45, 2.75) is 32.2 Å². The van der Waals surface area contributed by atoms with Gasteiger partial charge < -0.3 is 9.90 Å². The number of aliphatic imine (C=N–C) groups is 2. The predicted octanol–water partition coefficient (Wildman–Crippen LogP) is 0.970. The Labute approximate surface area is 94.3 Å². The van der Waals surface area contributed by atoms with Gasteiger partial charge in [0.2, 0.25) is 0 Å². The molecule has 2 atom stereocenters. The molecule has 2 unspecified atom stereocenters. The summed E-state index contributed by atoms with van der Waals surface area (Å²) in [5.74, 6) is -1.59. The smallest absolute Gasteiger partial charge is 0.317 e. The van der Waals surface area contributed by atoms with E-state index in [9.17, 15) is 9.59 Å². The Morgan fingerprint density at radius 1 is 1.69 bits per heavy atom. The van der Waals surface area contributed by atoms with Gasteiger partial charge in [-0.25, -0.2) is 0 Å². The van der Waals surface area contributed by atoms with Gasteiger partial charge in [0, 0.05) is 31.3 Å². The molecule has 1 heterocycles. The van der Waals surface area contributed by atoms with Crippen LogP contribution in [0, 0.1) is 5.92 Å². The molecule has 0 amide bonds. The number of carbonyl (C=O) groups is 2. The average Bonchev–Trinajstić information content (AvgIpc) is 2.24. The van der Waals surface area contributed by atoms with Crippen molar-refractivity contribution < 1.29 is 14.7 Å². The number of rotatable bonds is 4. The molecule has 1 aliphatic rings. The Hall–Kier alpha value is -1.52. The minimum absolute atomic E-state index is 0.000463. The molecule has 88 valence electrons. The van der Waals surface area contributed by atoms with Crippen LogP contribution in [0.25, 0.3) is 0 Å². The molecule has 0 aromatic carbocycles. The Balaban J connectivity index is 2.86. The third kappa shape index (κ3) is 2.74. The van der Waals surface area contributed by atoms with Crippen LogP contribution in [0.1, 0.15) is 26.2 Å². The van der Waals surface area contributed by atoms with Crippen molar-refractivity contribution >= 4 is 23.7 Å². The Morgan fingerprint density at radius 3 is 2.88 bits per heavy atom. The van der Waals surface area contributed by atoms with Gasteiger partial charge in [0.25, 0.3) is 0 Å². The topological polar surface area (TPSA) is 79.1 Å². The Morgan fingerprint density at radius 2 is 2.38 bits per heavy atom. The van der Waals surface area contributed by atoms with Crippen molar-refractivity contribution in [3.63, 3.8) is 0 Å². The number of aliphatic carboxylic acids is 1. The van der Waals surface area contributed by atoms with Gasteiger partial charge >= 0.3 is 5.97 Å². The van der Waals surface area contributed by atoms with Crippen LogP contribution in [0.2, 0.25) is 0 Å². The summed E-state index contributed by atoms with van der Waals surface area (Å²) in [7, 11) is 1.60. The summed E-state index contributed by atoms with van der Waals surface area (Å²) in [6.45, 7) is 1.71. The highest BCUT2D eigenvalue weighted by atomic mass is 16.4. The van der Waals surface area contributed by atoms with E-state index in [0.717, 1.165) is 6.29 Å². The second-order valence-electron chi connectivity index (χ2n) is 3.86. The fourth-order valence-corrected chi connectivity index (χ4v) is 1.98. The summed E-state index contributed by atoms with van der Waals surface area (Å²) in [5, 5.41) is 9.05. The van der Waals surface area contributed by atoms with E-state index in [1.807, 2.05) is 0 Å². The highest BCUT2D eigenvalue weighted by molar-refractivity contribution is 6.20. The first-order valence-corrected chi connectivity index (χ1v) is 5.26. The van der Waals surface area contributed by atoms with E-state index in [0.29, 0.717) is 30.7 Å². The van der Waals surface area contributed by atoms with Crippen LogP contribution in [0.4, 0.5) is 0 Å². The second-order valence-corrected chi connectivity index (χ2v) is 3.86. The molecule has 0 saturated carbocycles. The maximum Gasteiger partial charge on any atom is 0.317 e. The van der Waals surface area contributed by atoms with Crippen molar-refractivity contribution in [2.24, 2.45) is 15.9 Å². The molecular formula is C11H16N2O3. The number of carboxylic acid groups (broad SMARTS) is 1. The second kappa shape index (κ2) is 5.53. The summed E-state index contributed by atoms with van der Waals surface area (Å²) in [4.78, 5) is 29.7. The summed E-state index contributed by atoms with van der Waals surface area (Å²) in [6, 6.07) is -0.000463. The van der Waals surface area contributed by atoms with E-state index >= 15 is 0 Å². The van der Waals surface area contributed by atoms with Crippen molar-refractivity contribution in [1.82, 2.24) is 0 Å². The monoisotopic (exact) mass is 224 g/mol. The lowest BCUT2D eigenvalue weighted by molar-refractivity contribution is -0.137. The predicted molar refractivity (Wildman–Crippen MR) is 61.3 cm³/mol. The van der Waals surface area contributed by atoms with Gasteiger partial charge in [0.05, 0.1) is 6.04 Å². The Kier molecular flexibility index (Phi) is 4.34. The normalized spacial score (nSPS) is 27.6. The minimum atomic E-state index is -0.907. The molecule has 0 bridgehead atoms. The summed E-state index contributed by atoms with van der Waals surface area (Å²) in [5.41, 5.74) is 1.23. The van der Waals surface area contributed by atoms with Crippen LogP contribution in [0.5, 0.6) is 0 Å². The van der Waals surface area contributed by atoms with Crippen LogP contribution < -0.4 is 0 Å². The first-order valence-electron chi connectivity index (χ1n) is 5.26. The lowest BCUT2D eigenvalue weighted by atomic mass is 9.88. The molecule has 1 rings (SSSR count). The lowest BCUT2D eigenvalue weighted by Crippen LogP contribution is -2.37. The maximum absolute atomic E-state index is 11.0. The van der Waals surface area contributed by atoms with Crippen LogP contribution in [-0.2, 0) is 9.59 Å². The minimum Gasteiger partial charge on any atom is -0.480 e. The molecule has 0 aliphatic carbocycles. The molecule has 0 aromatic rings. The van der Waals surface area contributed by atoms with Crippen LogP contribution in [0.3, 0.4) is 0 Å². The van der Waals surface area contributed by atoms with E-state index in [1.165, 1.54) is 0 Å². The standard InChI is InChI=1S/C11H16N2O3/c1-7-10(11(15)16)9(12-2)6-8(13-7)4-3-5-14/h5,8,10H,3-4,6H2,1-2H3,(H,15,16). The first-order chi connectivity index (χ1) is 7.60. The van der Waals surface area contributed by atoms with Crippen molar-refractivity contribution in [2.75, 3.05) is 7.05 Å². The Bertz CT molecular complexity index is 347. The molecule has 16 heavy (non-hydrogen) atoms. The average molecular weight is 224 g/mol. The van der Waals surface area contributed by atoms with Gasteiger partial charge in [-0.1, -0.05) is 0 Å². The quantitative estimate of drug-likeness (QED) is 0.722. The highest BCUT2D eigenvalue weighted by Gasteiger charge is 2.32. The molecule has 0 radical (unpaired) electrons. The van der Waals surface area contributed by atoms with Crippen molar-refractivity contribution in [3.05, 3.63) is 0 Å². The number of hydrogen-bond donors (Lipinski definition) is 1. The van der Waals surface area contributed by atoms with Gasteiger partial charge in [-0.2, -0.15) is 0 Å². The first kappa shape index (κ1) is 12.5. The number of carbonyl (C=O) groups excluding carboxylic acids is 1. The number of nitrogens with zero attached hydrogens (tertiary/aromatic N) is 2. The van der Waals surface area contributed by atoms with Gasteiger partial charge in [-0.05, 0) is 13.3 Å². The molecule has 1 aliphatic heterocycles. The molecule has 5 nitrogen and oxygen atoms in total.